The van der Waals surface area contributed by atoms with Crippen LogP contribution in [0.2, 0.25) is 0 Å². The standard InChI is InChI=1S/C16H24N2O3/c1-12(2)9-17-16(20)11-18(13(3)19)10-14-7-5-6-8-15(14)21-4/h5-8,12H,9-11H2,1-4H3,(H,17,20). The van der Waals surface area contributed by atoms with Crippen molar-refractivity contribution in [3.8, 4) is 5.75 Å². The van der Waals surface area contributed by atoms with Crippen LogP contribution in [-0.2, 0) is 16.1 Å². The molecule has 2 amide bonds. The summed E-state index contributed by atoms with van der Waals surface area (Å²) in [7, 11) is 1.59. The van der Waals surface area contributed by atoms with Crippen LogP contribution in [0.5, 0.6) is 5.75 Å². The van der Waals surface area contributed by atoms with E-state index >= 15 is 0 Å². The lowest BCUT2D eigenvalue weighted by molar-refractivity contribution is -0.135. The molecule has 5 heteroatoms. The molecule has 0 radical (unpaired) electrons. The van der Waals surface area contributed by atoms with Crippen molar-refractivity contribution in [3.05, 3.63) is 29.8 Å². The van der Waals surface area contributed by atoms with E-state index < -0.39 is 0 Å². The van der Waals surface area contributed by atoms with Gasteiger partial charge in [-0.15, -0.1) is 0 Å². The van der Waals surface area contributed by atoms with Gasteiger partial charge in [-0.2, -0.15) is 0 Å². The maximum absolute atomic E-state index is 11.9. The third-order valence-corrected chi connectivity index (χ3v) is 3.04. The van der Waals surface area contributed by atoms with Crippen LogP contribution < -0.4 is 10.1 Å². The van der Waals surface area contributed by atoms with Crippen LogP contribution in [0.1, 0.15) is 26.3 Å². The molecule has 0 aliphatic carbocycles. The monoisotopic (exact) mass is 292 g/mol. The van der Waals surface area contributed by atoms with Crippen molar-refractivity contribution in [2.24, 2.45) is 5.92 Å². The van der Waals surface area contributed by atoms with E-state index in [9.17, 15) is 9.59 Å². The van der Waals surface area contributed by atoms with E-state index in [-0.39, 0.29) is 18.4 Å². The maximum atomic E-state index is 11.9. The third kappa shape index (κ3) is 5.85. The van der Waals surface area contributed by atoms with Gasteiger partial charge in [-0.25, -0.2) is 0 Å². The summed E-state index contributed by atoms with van der Waals surface area (Å²) in [5.74, 6) is 0.815. The molecule has 0 heterocycles. The van der Waals surface area contributed by atoms with Gasteiger partial charge in [-0.3, -0.25) is 9.59 Å². The van der Waals surface area contributed by atoms with Crippen molar-refractivity contribution < 1.29 is 14.3 Å². The first kappa shape index (κ1) is 17.0. The minimum Gasteiger partial charge on any atom is -0.496 e. The number of carbonyl (C=O) groups excluding carboxylic acids is 2. The van der Waals surface area contributed by atoms with E-state index in [4.69, 9.17) is 4.74 Å². The summed E-state index contributed by atoms with van der Waals surface area (Å²) in [5, 5.41) is 2.82. The zero-order valence-corrected chi connectivity index (χ0v) is 13.2. The second kappa shape index (κ2) is 8.29. The molecule has 0 unspecified atom stereocenters. The normalized spacial score (nSPS) is 10.3. The lowest BCUT2D eigenvalue weighted by Gasteiger charge is -2.22. The summed E-state index contributed by atoms with van der Waals surface area (Å²) < 4.78 is 5.27. The highest BCUT2D eigenvalue weighted by Crippen LogP contribution is 2.19. The zero-order valence-electron chi connectivity index (χ0n) is 13.2. The van der Waals surface area contributed by atoms with Gasteiger partial charge in [0.1, 0.15) is 5.75 Å². The number of nitrogens with one attached hydrogen (secondary N) is 1. The first-order valence-corrected chi connectivity index (χ1v) is 7.08. The number of nitrogens with zero attached hydrogens (tertiary/aromatic N) is 1. The molecule has 0 spiro atoms. The summed E-state index contributed by atoms with van der Waals surface area (Å²) >= 11 is 0. The SMILES string of the molecule is COc1ccccc1CN(CC(=O)NCC(C)C)C(C)=O. The molecule has 0 bridgehead atoms. The van der Waals surface area contributed by atoms with E-state index in [0.717, 1.165) is 5.56 Å². The first-order chi connectivity index (χ1) is 9.93. The molecule has 0 atom stereocenters. The molecule has 0 fully saturated rings. The number of benzene rings is 1. The minimum atomic E-state index is -0.145. The second-order valence-corrected chi connectivity index (χ2v) is 5.38. The van der Waals surface area contributed by atoms with Crippen LogP contribution >= 0.6 is 0 Å². The number of ether oxygens (including phenoxy) is 1. The Morgan fingerprint density at radius 1 is 1.29 bits per heavy atom. The Labute approximate surface area is 126 Å². The molecular formula is C16H24N2O3. The van der Waals surface area contributed by atoms with Gasteiger partial charge < -0.3 is 15.0 Å². The highest BCUT2D eigenvalue weighted by Gasteiger charge is 2.16. The number of para-hydroxylation sites is 1. The number of hydrogen-bond donors (Lipinski definition) is 1. The fraction of sp³-hybridized carbons (Fsp3) is 0.500. The van der Waals surface area contributed by atoms with Gasteiger partial charge in [-0.05, 0) is 12.0 Å². The van der Waals surface area contributed by atoms with Crippen LogP contribution in [0, 0.1) is 5.92 Å². The van der Waals surface area contributed by atoms with Gasteiger partial charge in [-0.1, -0.05) is 32.0 Å². The van der Waals surface area contributed by atoms with Crippen molar-refractivity contribution in [1.82, 2.24) is 10.2 Å². The van der Waals surface area contributed by atoms with Gasteiger partial charge in [0, 0.05) is 25.6 Å². The molecular weight excluding hydrogens is 268 g/mol. The summed E-state index contributed by atoms with van der Waals surface area (Å²) in [5.41, 5.74) is 0.881. The van der Waals surface area contributed by atoms with Crippen molar-refractivity contribution >= 4 is 11.8 Å². The largest absolute Gasteiger partial charge is 0.496 e. The van der Waals surface area contributed by atoms with Crippen LogP contribution in [0.25, 0.3) is 0 Å². The van der Waals surface area contributed by atoms with E-state index in [0.29, 0.717) is 24.8 Å². The van der Waals surface area contributed by atoms with E-state index in [1.807, 2.05) is 38.1 Å². The van der Waals surface area contributed by atoms with Crippen molar-refractivity contribution in [2.45, 2.75) is 27.3 Å². The zero-order chi connectivity index (χ0) is 15.8. The average Bonchev–Trinajstić information content (AvgIpc) is 2.44. The highest BCUT2D eigenvalue weighted by atomic mass is 16.5. The summed E-state index contributed by atoms with van der Waals surface area (Å²) in [6.45, 7) is 6.54. The Kier molecular flexibility index (Phi) is 6.72. The van der Waals surface area contributed by atoms with Crippen molar-refractivity contribution in [1.29, 1.82) is 0 Å². The lowest BCUT2D eigenvalue weighted by atomic mass is 10.2. The molecule has 0 saturated carbocycles. The molecule has 21 heavy (non-hydrogen) atoms. The minimum absolute atomic E-state index is 0.0557. The molecule has 5 nitrogen and oxygen atoms in total. The molecule has 0 saturated heterocycles. The smallest absolute Gasteiger partial charge is 0.239 e. The first-order valence-electron chi connectivity index (χ1n) is 7.08. The van der Waals surface area contributed by atoms with Gasteiger partial charge in [0.2, 0.25) is 11.8 Å². The van der Waals surface area contributed by atoms with E-state index in [1.165, 1.54) is 11.8 Å². The molecule has 1 aromatic rings. The Morgan fingerprint density at radius 3 is 2.52 bits per heavy atom. The highest BCUT2D eigenvalue weighted by molar-refractivity contribution is 5.83. The van der Waals surface area contributed by atoms with E-state index in [1.54, 1.807) is 7.11 Å². The van der Waals surface area contributed by atoms with Gasteiger partial charge in [0.25, 0.3) is 0 Å². The summed E-state index contributed by atoms with van der Waals surface area (Å²) in [6.07, 6.45) is 0. The Balaban J connectivity index is 2.70. The predicted octanol–water partition coefficient (Wildman–Crippen LogP) is 1.82. The molecule has 0 aliphatic heterocycles. The van der Waals surface area contributed by atoms with Gasteiger partial charge >= 0.3 is 0 Å². The number of rotatable bonds is 7. The number of methoxy groups -OCH3 is 1. The average molecular weight is 292 g/mol. The van der Waals surface area contributed by atoms with Crippen LogP contribution in [-0.4, -0.2) is 36.9 Å². The fourth-order valence-corrected chi connectivity index (χ4v) is 1.86. The van der Waals surface area contributed by atoms with Crippen LogP contribution in [0.3, 0.4) is 0 Å². The molecule has 0 aromatic heterocycles. The fourth-order valence-electron chi connectivity index (χ4n) is 1.86. The second-order valence-electron chi connectivity index (χ2n) is 5.38. The number of amides is 2. The van der Waals surface area contributed by atoms with Crippen LogP contribution in [0.15, 0.2) is 24.3 Å². The molecule has 1 aromatic carbocycles. The van der Waals surface area contributed by atoms with Crippen molar-refractivity contribution in [3.63, 3.8) is 0 Å². The predicted molar refractivity (Wildman–Crippen MR) is 81.9 cm³/mol. The summed E-state index contributed by atoms with van der Waals surface area (Å²) in [6, 6.07) is 7.48. The van der Waals surface area contributed by atoms with E-state index in [2.05, 4.69) is 5.32 Å². The molecule has 1 rings (SSSR count). The Morgan fingerprint density at radius 2 is 1.95 bits per heavy atom. The van der Waals surface area contributed by atoms with Gasteiger partial charge in [0.15, 0.2) is 0 Å². The number of carbonyl (C=O) groups is 2. The third-order valence-electron chi connectivity index (χ3n) is 3.04. The van der Waals surface area contributed by atoms with Gasteiger partial charge in [0.05, 0.1) is 13.7 Å². The van der Waals surface area contributed by atoms with Crippen molar-refractivity contribution in [2.75, 3.05) is 20.2 Å². The maximum Gasteiger partial charge on any atom is 0.239 e. The van der Waals surface area contributed by atoms with Crippen LogP contribution in [0.4, 0.5) is 0 Å². The Hall–Kier alpha value is -2.04. The lowest BCUT2D eigenvalue weighted by Crippen LogP contribution is -2.40. The quantitative estimate of drug-likeness (QED) is 0.834. The molecule has 1 N–H and O–H groups in total. The Bertz CT molecular complexity index is 486. The topological polar surface area (TPSA) is 58.6 Å². The molecule has 0 aliphatic rings. The number of hydrogen-bond acceptors (Lipinski definition) is 3. The summed E-state index contributed by atoms with van der Waals surface area (Å²) in [4.78, 5) is 25.1. The molecule has 116 valence electrons.